The number of carbonyl (C=O) groups excluding carboxylic acids is 2. The van der Waals surface area contributed by atoms with Gasteiger partial charge in [-0.15, -0.1) is 0 Å². The van der Waals surface area contributed by atoms with E-state index in [1.807, 2.05) is 39.6 Å². The van der Waals surface area contributed by atoms with Crippen molar-refractivity contribution in [2.75, 3.05) is 33.2 Å². The van der Waals surface area contributed by atoms with Crippen molar-refractivity contribution in [2.45, 2.75) is 59.6 Å². The van der Waals surface area contributed by atoms with Gasteiger partial charge in [-0.3, -0.25) is 9.79 Å². The molecule has 176 valence electrons. The fourth-order valence-corrected chi connectivity index (χ4v) is 2.77. The zero-order chi connectivity index (χ0) is 23.4. The van der Waals surface area contributed by atoms with Gasteiger partial charge < -0.3 is 30.0 Å². The van der Waals surface area contributed by atoms with E-state index in [4.69, 9.17) is 9.15 Å². The molecule has 0 fully saturated rings. The number of hydrogen-bond donors (Lipinski definition) is 3. The Bertz CT molecular complexity index is 695. The Labute approximate surface area is 186 Å². The Morgan fingerprint density at radius 3 is 2.52 bits per heavy atom. The smallest absolute Gasteiger partial charge is 0.407 e. The van der Waals surface area contributed by atoms with Gasteiger partial charge in [0.05, 0.1) is 12.8 Å². The van der Waals surface area contributed by atoms with Crippen LogP contribution in [0.5, 0.6) is 0 Å². The summed E-state index contributed by atoms with van der Waals surface area (Å²) in [5.74, 6) is 1.03. The van der Waals surface area contributed by atoms with Gasteiger partial charge in [0.15, 0.2) is 11.7 Å². The van der Waals surface area contributed by atoms with Gasteiger partial charge in [0.2, 0.25) is 0 Å². The van der Waals surface area contributed by atoms with Crippen molar-refractivity contribution in [3.63, 3.8) is 0 Å². The van der Waals surface area contributed by atoms with Crippen LogP contribution in [0.15, 0.2) is 27.8 Å². The summed E-state index contributed by atoms with van der Waals surface area (Å²) in [4.78, 5) is 30.6. The molecule has 9 heteroatoms. The standard InChI is InChI=1S/C22H39N5O4/c1-8-23-20(25-13-12-24-19(28)18-10-9-15-30-18)27(7)14-11-17(16(2)3)26-21(29)31-22(4,5)6/h9-10,15-17H,8,11-14H2,1-7H3,(H,23,25)(H,24,28)(H,26,29). The summed E-state index contributed by atoms with van der Waals surface area (Å²) < 4.78 is 10.5. The van der Waals surface area contributed by atoms with Crippen molar-refractivity contribution in [1.82, 2.24) is 20.9 Å². The number of nitrogens with one attached hydrogen (secondary N) is 3. The van der Waals surface area contributed by atoms with Crippen LogP contribution in [0.3, 0.4) is 0 Å². The van der Waals surface area contributed by atoms with Crippen molar-refractivity contribution in [3.05, 3.63) is 24.2 Å². The highest BCUT2D eigenvalue weighted by atomic mass is 16.6. The van der Waals surface area contributed by atoms with E-state index in [-0.39, 0.29) is 23.6 Å². The molecule has 1 atom stereocenters. The monoisotopic (exact) mass is 437 g/mol. The fraction of sp³-hybridized carbons (Fsp3) is 0.682. The number of aliphatic imine (C=N–C) groups is 1. The van der Waals surface area contributed by atoms with Crippen molar-refractivity contribution < 1.29 is 18.7 Å². The van der Waals surface area contributed by atoms with Gasteiger partial charge in [0, 0.05) is 32.7 Å². The average Bonchev–Trinajstić information content (AvgIpc) is 3.20. The van der Waals surface area contributed by atoms with Crippen LogP contribution in [-0.4, -0.2) is 67.7 Å². The van der Waals surface area contributed by atoms with Crippen LogP contribution in [0.4, 0.5) is 4.79 Å². The second kappa shape index (κ2) is 12.9. The molecule has 0 spiro atoms. The highest BCUT2D eigenvalue weighted by Crippen LogP contribution is 2.11. The maximum atomic E-state index is 12.1. The molecule has 0 saturated heterocycles. The quantitative estimate of drug-likeness (QED) is 0.295. The predicted molar refractivity (Wildman–Crippen MR) is 122 cm³/mol. The topological polar surface area (TPSA) is 108 Å². The number of nitrogens with zero attached hydrogens (tertiary/aromatic N) is 2. The van der Waals surface area contributed by atoms with Crippen LogP contribution >= 0.6 is 0 Å². The maximum absolute atomic E-state index is 12.1. The summed E-state index contributed by atoms with van der Waals surface area (Å²) >= 11 is 0. The molecule has 9 nitrogen and oxygen atoms in total. The van der Waals surface area contributed by atoms with Crippen LogP contribution in [0.25, 0.3) is 0 Å². The number of ether oxygens (including phenoxy) is 1. The number of guanidine groups is 1. The third-order valence-corrected chi connectivity index (χ3v) is 4.38. The summed E-state index contributed by atoms with van der Waals surface area (Å²) in [5.41, 5.74) is -0.528. The second-order valence-corrected chi connectivity index (χ2v) is 8.68. The zero-order valence-electron chi connectivity index (χ0n) is 19.9. The molecule has 1 rings (SSSR count). The molecule has 1 heterocycles. The Morgan fingerprint density at radius 2 is 1.97 bits per heavy atom. The maximum Gasteiger partial charge on any atom is 0.407 e. The largest absolute Gasteiger partial charge is 0.459 e. The number of amides is 2. The lowest BCUT2D eigenvalue weighted by atomic mass is 10.0. The van der Waals surface area contributed by atoms with Gasteiger partial charge in [-0.1, -0.05) is 13.8 Å². The Hall–Kier alpha value is -2.71. The lowest BCUT2D eigenvalue weighted by Gasteiger charge is -2.28. The highest BCUT2D eigenvalue weighted by molar-refractivity contribution is 5.91. The molecule has 0 aliphatic rings. The normalized spacial score (nSPS) is 13.0. The molecular weight excluding hydrogens is 398 g/mol. The molecule has 0 aliphatic heterocycles. The van der Waals surface area contributed by atoms with E-state index < -0.39 is 11.7 Å². The SMILES string of the molecule is CCNC(=NCCNC(=O)c1ccco1)N(C)CCC(NC(=O)OC(C)(C)C)C(C)C. The molecule has 2 amide bonds. The van der Waals surface area contributed by atoms with E-state index >= 15 is 0 Å². The predicted octanol–water partition coefficient (Wildman–Crippen LogP) is 2.85. The Morgan fingerprint density at radius 1 is 1.26 bits per heavy atom. The molecule has 31 heavy (non-hydrogen) atoms. The molecule has 0 radical (unpaired) electrons. The van der Waals surface area contributed by atoms with Crippen molar-refractivity contribution >= 4 is 18.0 Å². The van der Waals surface area contributed by atoms with Crippen molar-refractivity contribution in [3.8, 4) is 0 Å². The van der Waals surface area contributed by atoms with Crippen LogP contribution in [0.2, 0.25) is 0 Å². The van der Waals surface area contributed by atoms with E-state index in [1.165, 1.54) is 6.26 Å². The highest BCUT2D eigenvalue weighted by Gasteiger charge is 2.22. The first-order valence-corrected chi connectivity index (χ1v) is 10.8. The van der Waals surface area contributed by atoms with E-state index in [2.05, 4.69) is 34.8 Å². The number of hydrogen-bond acceptors (Lipinski definition) is 5. The van der Waals surface area contributed by atoms with Gasteiger partial charge in [0.25, 0.3) is 5.91 Å². The second-order valence-electron chi connectivity index (χ2n) is 8.68. The van der Waals surface area contributed by atoms with Gasteiger partial charge >= 0.3 is 6.09 Å². The van der Waals surface area contributed by atoms with Gasteiger partial charge in [0.1, 0.15) is 5.60 Å². The van der Waals surface area contributed by atoms with Gasteiger partial charge in [-0.2, -0.15) is 0 Å². The first-order valence-electron chi connectivity index (χ1n) is 10.8. The summed E-state index contributed by atoms with van der Waals surface area (Å²) in [7, 11) is 1.95. The van der Waals surface area contributed by atoms with Crippen LogP contribution in [0.1, 0.15) is 58.5 Å². The third kappa shape index (κ3) is 10.8. The summed E-state index contributed by atoms with van der Waals surface area (Å²) in [6, 6.07) is 3.27. The minimum absolute atomic E-state index is 0.0206. The first kappa shape index (κ1) is 26.3. The molecule has 1 aromatic rings. The fourth-order valence-electron chi connectivity index (χ4n) is 2.77. The van der Waals surface area contributed by atoms with E-state index in [0.717, 1.165) is 18.9 Å². The summed E-state index contributed by atoms with van der Waals surface area (Å²) in [5, 5.41) is 9.01. The van der Waals surface area contributed by atoms with Crippen LogP contribution in [-0.2, 0) is 4.74 Å². The van der Waals surface area contributed by atoms with E-state index in [0.29, 0.717) is 19.6 Å². The van der Waals surface area contributed by atoms with E-state index in [9.17, 15) is 9.59 Å². The Kier molecular flexibility index (Phi) is 10.9. The molecule has 0 aromatic carbocycles. The molecular formula is C22H39N5O4. The lowest BCUT2D eigenvalue weighted by Crippen LogP contribution is -2.45. The van der Waals surface area contributed by atoms with Crippen molar-refractivity contribution in [2.24, 2.45) is 10.9 Å². The summed E-state index contributed by atoms with van der Waals surface area (Å²) in [6.07, 6.45) is 1.81. The van der Waals surface area contributed by atoms with Crippen molar-refractivity contribution in [1.29, 1.82) is 0 Å². The van der Waals surface area contributed by atoms with Crippen LogP contribution < -0.4 is 16.0 Å². The number of rotatable bonds is 10. The molecule has 0 aliphatic carbocycles. The number of alkyl carbamates (subject to hydrolysis) is 1. The Balaban J connectivity index is 2.55. The van der Waals surface area contributed by atoms with Crippen LogP contribution in [0, 0.1) is 5.92 Å². The van der Waals surface area contributed by atoms with E-state index in [1.54, 1.807) is 12.1 Å². The average molecular weight is 438 g/mol. The number of furan rings is 1. The molecule has 0 saturated carbocycles. The number of carbonyl (C=O) groups is 2. The minimum atomic E-state index is -0.528. The van der Waals surface area contributed by atoms with Gasteiger partial charge in [-0.05, 0) is 52.2 Å². The molecule has 3 N–H and O–H groups in total. The summed E-state index contributed by atoms with van der Waals surface area (Å²) in [6.45, 7) is 14.0. The molecule has 1 unspecified atom stereocenters. The molecule has 0 bridgehead atoms. The van der Waals surface area contributed by atoms with Gasteiger partial charge in [-0.25, -0.2) is 4.79 Å². The first-order chi connectivity index (χ1) is 14.5. The zero-order valence-corrected chi connectivity index (χ0v) is 19.9. The molecule has 1 aromatic heterocycles. The third-order valence-electron chi connectivity index (χ3n) is 4.38. The lowest BCUT2D eigenvalue weighted by molar-refractivity contribution is 0.0485. The minimum Gasteiger partial charge on any atom is -0.459 e.